The van der Waals surface area contributed by atoms with E-state index in [1.54, 1.807) is 36.7 Å². The van der Waals surface area contributed by atoms with Gasteiger partial charge in [0.05, 0.1) is 12.1 Å². The fourth-order valence-electron chi connectivity index (χ4n) is 2.95. The molecule has 0 aromatic carbocycles. The third-order valence-electron chi connectivity index (χ3n) is 3.82. The molecule has 1 amide bonds. The second-order valence-corrected chi connectivity index (χ2v) is 5.07. The van der Waals surface area contributed by atoms with Gasteiger partial charge in [0, 0.05) is 23.8 Å². The van der Waals surface area contributed by atoms with Crippen LogP contribution in [0.1, 0.15) is 36.3 Å². The Morgan fingerprint density at radius 2 is 1.52 bits per heavy atom. The van der Waals surface area contributed by atoms with Crippen molar-refractivity contribution in [1.29, 1.82) is 0 Å². The highest BCUT2D eigenvalue weighted by Gasteiger charge is 2.50. The smallest absolute Gasteiger partial charge is 0.363 e. The van der Waals surface area contributed by atoms with Crippen LogP contribution in [-0.4, -0.2) is 27.0 Å². The van der Waals surface area contributed by atoms with Gasteiger partial charge >= 0.3 is 12.1 Å². The molecule has 2 aromatic heterocycles. The van der Waals surface area contributed by atoms with Gasteiger partial charge in [-0.2, -0.15) is 13.2 Å². The summed E-state index contributed by atoms with van der Waals surface area (Å²) in [6.45, 7) is 0. The Kier molecular flexibility index (Phi) is 3.27. The van der Waals surface area contributed by atoms with Gasteiger partial charge in [-0.15, -0.1) is 0 Å². The fraction of sp³-hybridized carbons (Fsp3) is 0.357. The van der Waals surface area contributed by atoms with Crippen molar-refractivity contribution in [2.45, 2.75) is 31.1 Å². The van der Waals surface area contributed by atoms with Gasteiger partial charge in [0.1, 0.15) is 0 Å². The average molecular weight is 297 g/mol. The lowest BCUT2D eigenvalue weighted by Gasteiger charge is -2.30. The van der Waals surface area contributed by atoms with Gasteiger partial charge in [0.2, 0.25) is 0 Å². The third kappa shape index (κ3) is 2.43. The van der Waals surface area contributed by atoms with Gasteiger partial charge in [0.25, 0.3) is 0 Å². The highest BCUT2D eigenvalue weighted by molar-refractivity contribution is 5.83. The number of aromatic amines is 2. The number of nitrogens with zero attached hydrogens (tertiary/aromatic N) is 1. The standard InChI is InChI=1S/C14H14F3N3O/c15-14(16,17)13(21)20-11(9-3-1-7-18-9)5-6-12(20)10-4-2-8-19-10/h1-4,7-8,11-12,18-19H,5-6H2/t11-,12+. The topological polar surface area (TPSA) is 51.9 Å². The Hall–Kier alpha value is -2.18. The summed E-state index contributed by atoms with van der Waals surface area (Å²) in [4.78, 5) is 18.6. The van der Waals surface area contributed by atoms with Crippen molar-refractivity contribution in [2.24, 2.45) is 0 Å². The summed E-state index contributed by atoms with van der Waals surface area (Å²) in [5.74, 6) is -1.79. The number of likely N-dealkylation sites (tertiary alicyclic amines) is 1. The van der Waals surface area contributed by atoms with E-state index in [1.165, 1.54) is 0 Å². The van der Waals surface area contributed by atoms with Crippen molar-refractivity contribution in [1.82, 2.24) is 14.9 Å². The van der Waals surface area contributed by atoms with Gasteiger partial charge < -0.3 is 14.9 Å². The van der Waals surface area contributed by atoms with Crippen molar-refractivity contribution in [3.63, 3.8) is 0 Å². The van der Waals surface area contributed by atoms with E-state index in [1.807, 2.05) is 0 Å². The zero-order chi connectivity index (χ0) is 15.0. The van der Waals surface area contributed by atoms with E-state index >= 15 is 0 Å². The minimum Gasteiger partial charge on any atom is -0.363 e. The lowest BCUT2D eigenvalue weighted by molar-refractivity contribution is -0.189. The number of alkyl halides is 3. The summed E-state index contributed by atoms with van der Waals surface area (Å²) in [6, 6.07) is 5.68. The number of rotatable bonds is 2. The van der Waals surface area contributed by atoms with Gasteiger partial charge in [-0.3, -0.25) is 4.79 Å². The minimum absolute atomic E-state index is 0.492. The molecular formula is C14H14F3N3O. The molecule has 7 heteroatoms. The van der Waals surface area contributed by atoms with Gasteiger partial charge in [-0.25, -0.2) is 0 Å². The quantitative estimate of drug-likeness (QED) is 0.878. The van der Waals surface area contributed by atoms with E-state index in [9.17, 15) is 18.0 Å². The highest BCUT2D eigenvalue weighted by atomic mass is 19.4. The summed E-state index contributed by atoms with van der Waals surface area (Å²) in [7, 11) is 0. The van der Waals surface area contributed by atoms with Crippen LogP contribution < -0.4 is 0 Å². The van der Waals surface area contributed by atoms with Crippen LogP contribution in [0.4, 0.5) is 13.2 Å². The molecule has 0 unspecified atom stereocenters. The zero-order valence-electron chi connectivity index (χ0n) is 11.0. The van der Waals surface area contributed by atoms with E-state index in [0.717, 1.165) is 4.90 Å². The SMILES string of the molecule is O=C(N1[C@@H](c2ccc[nH]2)CC[C@H]1c1ccc[nH]1)C(F)(F)F. The molecule has 0 saturated carbocycles. The number of nitrogens with one attached hydrogen (secondary N) is 2. The average Bonchev–Trinajstić information content (AvgIpc) is 3.16. The molecule has 0 bridgehead atoms. The molecule has 112 valence electrons. The van der Waals surface area contributed by atoms with Crippen molar-refractivity contribution < 1.29 is 18.0 Å². The Morgan fingerprint density at radius 3 is 1.86 bits per heavy atom. The molecule has 4 nitrogen and oxygen atoms in total. The van der Waals surface area contributed by atoms with Crippen molar-refractivity contribution >= 4 is 5.91 Å². The summed E-state index contributed by atoms with van der Waals surface area (Å²) in [6.07, 6.45) is -0.598. The molecule has 21 heavy (non-hydrogen) atoms. The molecule has 0 radical (unpaired) electrons. The van der Waals surface area contributed by atoms with Gasteiger partial charge in [0.15, 0.2) is 0 Å². The van der Waals surface area contributed by atoms with Gasteiger partial charge in [-0.05, 0) is 37.1 Å². The molecule has 2 N–H and O–H groups in total. The van der Waals surface area contributed by atoms with E-state index in [4.69, 9.17) is 0 Å². The zero-order valence-corrected chi connectivity index (χ0v) is 11.0. The van der Waals surface area contributed by atoms with Crippen LogP contribution in [0.15, 0.2) is 36.7 Å². The molecule has 1 fully saturated rings. The molecule has 1 aliphatic heterocycles. The lowest BCUT2D eigenvalue weighted by Crippen LogP contribution is -2.42. The van der Waals surface area contributed by atoms with E-state index in [0.29, 0.717) is 24.2 Å². The molecule has 2 aromatic rings. The predicted molar refractivity (Wildman–Crippen MR) is 69.2 cm³/mol. The monoisotopic (exact) mass is 297 g/mol. The second-order valence-electron chi connectivity index (χ2n) is 5.07. The van der Waals surface area contributed by atoms with Crippen LogP contribution in [0, 0.1) is 0 Å². The number of carbonyl (C=O) groups excluding carboxylic acids is 1. The van der Waals surface area contributed by atoms with Crippen LogP contribution in [0.25, 0.3) is 0 Å². The lowest BCUT2D eigenvalue weighted by atomic mass is 10.1. The first kappa shape index (κ1) is 13.8. The van der Waals surface area contributed by atoms with E-state index < -0.39 is 24.2 Å². The number of halogens is 3. The largest absolute Gasteiger partial charge is 0.471 e. The van der Waals surface area contributed by atoms with Crippen LogP contribution in [-0.2, 0) is 4.79 Å². The van der Waals surface area contributed by atoms with E-state index in [2.05, 4.69) is 9.97 Å². The maximum Gasteiger partial charge on any atom is 0.471 e. The van der Waals surface area contributed by atoms with Crippen LogP contribution in [0.3, 0.4) is 0 Å². The minimum atomic E-state index is -4.87. The number of amides is 1. The number of aromatic nitrogens is 2. The third-order valence-corrected chi connectivity index (χ3v) is 3.82. The van der Waals surface area contributed by atoms with Crippen LogP contribution in [0.2, 0.25) is 0 Å². The number of hydrogen-bond acceptors (Lipinski definition) is 1. The van der Waals surface area contributed by atoms with Crippen molar-refractivity contribution in [3.05, 3.63) is 48.0 Å². The maximum atomic E-state index is 12.9. The molecule has 1 aliphatic rings. The summed E-state index contributed by atoms with van der Waals surface area (Å²) < 4.78 is 38.8. The van der Waals surface area contributed by atoms with Crippen LogP contribution in [0.5, 0.6) is 0 Å². The van der Waals surface area contributed by atoms with Crippen LogP contribution >= 0.6 is 0 Å². The Labute approximate surface area is 119 Å². The molecule has 1 saturated heterocycles. The van der Waals surface area contributed by atoms with Crippen molar-refractivity contribution in [3.8, 4) is 0 Å². The van der Waals surface area contributed by atoms with Gasteiger partial charge in [-0.1, -0.05) is 0 Å². The van der Waals surface area contributed by atoms with Crippen molar-refractivity contribution in [2.75, 3.05) is 0 Å². The Morgan fingerprint density at radius 1 is 1.05 bits per heavy atom. The molecular weight excluding hydrogens is 283 g/mol. The first-order valence-electron chi connectivity index (χ1n) is 6.64. The summed E-state index contributed by atoms with van der Waals surface area (Å²) in [5.41, 5.74) is 1.25. The fourth-order valence-corrected chi connectivity index (χ4v) is 2.95. The molecule has 2 atom stereocenters. The van der Waals surface area contributed by atoms with E-state index in [-0.39, 0.29) is 0 Å². The maximum absolute atomic E-state index is 12.9. The number of H-pyrrole nitrogens is 2. The first-order valence-corrected chi connectivity index (χ1v) is 6.64. The first-order chi connectivity index (χ1) is 9.98. The molecule has 0 spiro atoms. The Balaban J connectivity index is 1.98. The number of hydrogen-bond donors (Lipinski definition) is 2. The molecule has 3 heterocycles. The molecule has 3 rings (SSSR count). The normalized spacial score (nSPS) is 22.7. The Bertz CT molecular complexity index is 562. The highest BCUT2D eigenvalue weighted by Crippen LogP contribution is 2.45. The molecule has 0 aliphatic carbocycles. The predicted octanol–water partition coefficient (Wildman–Crippen LogP) is 3.31. The summed E-state index contributed by atoms with van der Waals surface area (Å²) >= 11 is 0. The second kappa shape index (κ2) is 4.98. The number of carbonyl (C=O) groups is 1. The summed E-state index contributed by atoms with van der Waals surface area (Å²) in [5, 5.41) is 0.